The molecule has 0 spiro atoms. The number of ether oxygens (including phenoxy) is 1. The van der Waals surface area contributed by atoms with Gasteiger partial charge in [0.15, 0.2) is 0 Å². The molecule has 0 aliphatic carbocycles. The lowest BCUT2D eigenvalue weighted by atomic mass is 10.0. The Morgan fingerprint density at radius 1 is 1.47 bits per heavy atom. The van der Waals surface area contributed by atoms with E-state index in [1.807, 2.05) is 19.1 Å². The number of hydrogen-bond donors (Lipinski definition) is 2. The third-order valence-corrected chi connectivity index (χ3v) is 3.51. The molecule has 1 aromatic rings. The van der Waals surface area contributed by atoms with Gasteiger partial charge in [-0.2, -0.15) is 0 Å². The van der Waals surface area contributed by atoms with Crippen molar-refractivity contribution in [2.75, 3.05) is 5.73 Å². The van der Waals surface area contributed by atoms with E-state index in [9.17, 15) is 0 Å². The predicted octanol–water partition coefficient (Wildman–Crippen LogP) is 3.84. The summed E-state index contributed by atoms with van der Waals surface area (Å²) in [5, 5.41) is 7.30. The third kappa shape index (κ3) is 3.46. The minimum Gasteiger partial charge on any atom is -0.488 e. The molecule has 0 aliphatic rings. The number of rotatable bonds is 5. The van der Waals surface area contributed by atoms with E-state index in [-0.39, 0.29) is 6.10 Å². The van der Waals surface area contributed by atoms with Crippen LogP contribution in [0.15, 0.2) is 16.6 Å². The average molecular weight is 299 g/mol. The Labute approximate surface area is 111 Å². The highest BCUT2D eigenvalue weighted by Crippen LogP contribution is 2.31. The van der Waals surface area contributed by atoms with Gasteiger partial charge in [-0.15, -0.1) is 0 Å². The largest absolute Gasteiger partial charge is 0.488 e. The molecule has 4 heteroatoms. The molecule has 0 fully saturated rings. The van der Waals surface area contributed by atoms with Crippen LogP contribution in [-0.4, -0.2) is 12.3 Å². The number of nitrogens with one attached hydrogen (secondary N) is 1. The van der Waals surface area contributed by atoms with Crippen molar-refractivity contribution in [3.05, 3.63) is 22.2 Å². The molecule has 94 valence electrons. The van der Waals surface area contributed by atoms with Crippen molar-refractivity contribution >= 4 is 27.8 Å². The first-order valence-electron chi connectivity index (χ1n) is 5.75. The van der Waals surface area contributed by atoms with Crippen LogP contribution >= 0.6 is 15.9 Å². The van der Waals surface area contributed by atoms with Crippen molar-refractivity contribution in [1.82, 2.24) is 0 Å². The van der Waals surface area contributed by atoms with Crippen molar-refractivity contribution in [3.8, 4) is 5.75 Å². The van der Waals surface area contributed by atoms with Gasteiger partial charge >= 0.3 is 0 Å². The summed E-state index contributed by atoms with van der Waals surface area (Å²) in [6, 6.07) is 3.66. The van der Waals surface area contributed by atoms with Crippen molar-refractivity contribution in [2.24, 2.45) is 5.92 Å². The van der Waals surface area contributed by atoms with Crippen LogP contribution in [0.4, 0.5) is 5.69 Å². The van der Waals surface area contributed by atoms with E-state index < -0.39 is 0 Å². The van der Waals surface area contributed by atoms with Crippen molar-refractivity contribution in [3.63, 3.8) is 0 Å². The Hall–Kier alpha value is -1.03. The van der Waals surface area contributed by atoms with Gasteiger partial charge in [0.2, 0.25) is 0 Å². The van der Waals surface area contributed by atoms with E-state index in [1.54, 1.807) is 0 Å². The summed E-state index contributed by atoms with van der Waals surface area (Å²) in [5.41, 5.74) is 7.15. The zero-order chi connectivity index (χ0) is 13.0. The number of nitrogen functional groups attached to an aromatic ring is 1. The first kappa shape index (κ1) is 14.0. The second-order valence-electron chi connectivity index (χ2n) is 4.26. The molecule has 3 nitrogen and oxygen atoms in total. The van der Waals surface area contributed by atoms with Crippen molar-refractivity contribution < 1.29 is 4.74 Å². The van der Waals surface area contributed by atoms with Crippen LogP contribution in [0, 0.1) is 11.3 Å². The fourth-order valence-corrected chi connectivity index (χ4v) is 1.93. The monoisotopic (exact) mass is 298 g/mol. The highest BCUT2D eigenvalue weighted by atomic mass is 79.9. The Bertz CT molecular complexity index is 407. The molecule has 1 rings (SSSR count). The van der Waals surface area contributed by atoms with Gasteiger partial charge in [0.1, 0.15) is 5.75 Å². The standard InChI is InChI=1S/C13H19BrN2O/c1-4-8(2)9(3)17-12-6-11(14)5-10(7-15)13(12)16/h5-9,15H,4,16H2,1-3H3/t8?,9-/m1/s1. The Morgan fingerprint density at radius 2 is 2.12 bits per heavy atom. The van der Waals surface area contributed by atoms with Crippen LogP contribution in [0.2, 0.25) is 0 Å². The summed E-state index contributed by atoms with van der Waals surface area (Å²) in [4.78, 5) is 0. The lowest BCUT2D eigenvalue weighted by Gasteiger charge is -2.22. The molecule has 3 N–H and O–H groups in total. The molecule has 1 aromatic carbocycles. The predicted molar refractivity (Wildman–Crippen MR) is 76.0 cm³/mol. The summed E-state index contributed by atoms with van der Waals surface area (Å²) in [6.07, 6.45) is 2.41. The second kappa shape index (κ2) is 6.05. The summed E-state index contributed by atoms with van der Waals surface area (Å²) >= 11 is 3.39. The van der Waals surface area contributed by atoms with E-state index in [0.29, 0.717) is 22.9 Å². The van der Waals surface area contributed by atoms with Crippen LogP contribution < -0.4 is 10.5 Å². The fraction of sp³-hybridized carbons (Fsp3) is 0.462. The summed E-state index contributed by atoms with van der Waals surface area (Å²) in [6.45, 7) is 6.33. The Kier molecular flexibility index (Phi) is 5.00. The van der Waals surface area contributed by atoms with Gasteiger partial charge in [0, 0.05) is 16.3 Å². The maximum absolute atomic E-state index is 7.30. The normalized spacial score (nSPS) is 14.1. The Balaban J connectivity index is 2.98. The Morgan fingerprint density at radius 3 is 2.65 bits per heavy atom. The van der Waals surface area contributed by atoms with E-state index >= 15 is 0 Å². The van der Waals surface area contributed by atoms with Crippen LogP contribution in [0.1, 0.15) is 32.8 Å². The third-order valence-electron chi connectivity index (χ3n) is 3.05. The molecule has 0 heterocycles. The molecule has 0 aromatic heterocycles. The molecular weight excluding hydrogens is 280 g/mol. The van der Waals surface area contributed by atoms with Gasteiger partial charge in [0.05, 0.1) is 11.8 Å². The van der Waals surface area contributed by atoms with Gasteiger partial charge in [0.25, 0.3) is 0 Å². The maximum Gasteiger partial charge on any atom is 0.144 e. The molecule has 1 unspecified atom stereocenters. The minimum absolute atomic E-state index is 0.107. The van der Waals surface area contributed by atoms with Crippen LogP contribution in [0.25, 0.3) is 0 Å². The summed E-state index contributed by atoms with van der Waals surface area (Å²) < 4.78 is 6.73. The van der Waals surface area contributed by atoms with Crippen LogP contribution in [0.3, 0.4) is 0 Å². The molecule has 17 heavy (non-hydrogen) atoms. The van der Waals surface area contributed by atoms with E-state index in [4.69, 9.17) is 15.9 Å². The fourth-order valence-electron chi connectivity index (χ4n) is 1.48. The van der Waals surface area contributed by atoms with Crippen molar-refractivity contribution in [2.45, 2.75) is 33.3 Å². The maximum atomic E-state index is 7.30. The lowest BCUT2D eigenvalue weighted by Crippen LogP contribution is -2.21. The molecule has 0 saturated heterocycles. The zero-order valence-corrected chi connectivity index (χ0v) is 12.0. The van der Waals surface area contributed by atoms with Gasteiger partial charge in [-0.25, -0.2) is 0 Å². The number of anilines is 1. The highest BCUT2D eigenvalue weighted by molar-refractivity contribution is 9.10. The summed E-state index contributed by atoms with van der Waals surface area (Å²) in [7, 11) is 0. The SMILES string of the molecule is CCC(C)[C@@H](C)Oc1cc(Br)cc(C=N)c1N. The quantitative estimate of drug-likeness (QED) is 0.641. The summed E-state index contributed by atoms with van der Waals surface area (Å²) in [5.74, 6) is 1.11. The van der Waals surface area contributed by atoms with E-state index in [1.165, 1.54) is 6.21 Å². The molecule has 0 saturated carbocycles. The minimum atomic E-state index is 0.107. The first-order chi connectivity index (χ1) is 7.99. The second-order valence-corrected chi connectivity index (χ2v) is 5.18. The van der Waals surface area contributed by atoms with Crippen LogP contribution in [-0.2, 0) is 0 Å². The molecule has 0 amide bonds. The number of benzene rings is 1. The first-order valence-corrected chi connectivity index (χ1v) is 6.55. The van der Waals surface area contributed by atoms with Gasteiger partial charge in [-0.3, -0.25) is 0 Å². The molecule has 2 atom stereocenters. The average Bonchev–Trinajstić information content (AvgIpc) is 2.31. The van der Waals surface area contributed by atoms with E-state index in [0.717, 1.165) is 10.9 Å². The molecule has 0 bridgehead atoms. The molecule has 0 aliphatic heterocycles. The van der Waals surface area contributed by atoms with Gasteiger partial charge in [-0.1, -0.05) is 36.2 Å². The van der Waals surface area contributed by atoms with Gasteiger partial charge < -0.3 is 15.9 Å². The highest BCUT2D eigenvalue weighted by Gasteiger charge is 2.15. The number of hydrogen-bond acceptors (Lipinski definition) is 3. The smallest absolute Gasteiger partial charge is 0.144 e. The topological polar surface area (TPSA) is 59.1 Å². The van der Waals surface area contributed by atoms with Crippen LogP contribution in [0.5, 0.6) is 5.75 Å². The van der Waals surface area contributed by atoms with Gasteiger partial charge in [-0.05, 0) is 25.0 Å². The number of nitrogens with two attached hydrogens (primary N) is 1. The molecule has 0 radical (unpaired) electrons. The number of halogens is 1. The zero-order valence-electron chi connectivity index (χ0n) is 10.5. The molecular formula is C13H19BrN2O. The van der Waals surface area contributed by atoms with Crippen molar-refractivity contribution in [1.29, 1.82) is 5.41 Å². The van der Waals surface area contributed by atoms with E-state index in [2.05, 4.69) is 29.8 Å². The lowest BCUT2D eigenvalue weighted by molar-refractivity contribution is 0.159.